The van der Waals surface area contributed by atoms with Crippen molar-refractivity contribution < 1.29 is 14.3 Å². The van der Waals surface area contributed by atoms with Crippen LogP contribution in [0.1, 0.15) is 34.0 Å². The Morgan fingerprint density at radius 3 is 2.92 bits per heavy atom. The van der Waals surface area contributed by atoms with E-state index in [0.29, 0.717) is 18.7 Å². The van der Waals surface area contributed by atoms with Gasteiger partial charge >= 0.3 is 0 Å². The second kappa shape index (κ2) is 7.39. The quantitative estimate of drug-likeness (QED) is 0.886. The molecule has 0 bridgehead atoms. The first-order chi connectivity index (χ1) is 11.7. The van der Waals surface area contributed by atoms with Gasteiger partial charge in [0.15, 0.2) is 0 Å². The smallest absolute Gasteiger partial charge is 0.251 e. The zero-order valence-corrected chi connectivity index (χ0v) is 14.2. The van der Waals surface area contributed by atoms with Crippen LogP contribution in [0, 0.1) is 6.92 Å². The van der Waals surface area contributed by atoms with E-state index in [1.807, 2.05) is 32.0 Å². The van der Waals surface area contributed by atoms with Gasteiger partial charge in [-0.05, 0) is 61.2 Å². The molecular formula is C20H23NO3. The maximum atomic E-state index is 12.3. The molecular weight excluding hydrogens is 302 g/mol. The van der Waals surface area contributed by atoms with Gasteiger partial charge in [-0.1, -0.05) is 12.1 Å². The third-order valence-corrected chi connectivity index (χ3v) is 4.19. The molecule has 0 spiro atoms. The summed E-state index contributed by atoms with van der Waals surface area (Å²) >= 11 is 0. The highest BCUT2D eigenvalue weighted by molar-refractivity contribution is 5.94. The van der Waals surface area contributed by atoms with Crippen molar-refractivity contribution in [2.45, 2.75) is 26.7 Å². The summed E-state index contributed by atoms with van der Waals surface area (Å²) in [4.78, 5) is 12.3. The van der Waals surface area contributed by atoms with E-state index in [0.717, 1.165) is 36.5 Å². The Morgan fingerprint density at radius 1 is 1.25 bits per heavy atom. The normalized spacial score (nSPS) is 12.4. The van der Waals surface area contributed by atoms with Gasteiger partial charge in [-0.2, -0.15) is 0 Å². The van der Waals surface area contributed by atoms with Crippen molar-refractivity contribution in [2.75, 3.05) is 19.8 Å². The fourth-order valence-electron chi connectivity index (χ4n) is 2.93. The summed E-state index contributed by atoms with van der Waals surface area (Å²) in [5.74, 6) is 1.77. The molecule has 0 radical (unpaired) electrons. The number of carbonyl (C=O) groups is 1. The third kappa shape index (κ3) is 3.70. The minimum Gasteiger partial charge on any atom is -0.494 e. The van der Waals surface area contributed by atoms with Crippen LogP contribution in [-0.4, -0.2) is 25.7 Å². The number of hydrogen-bond acceptors (Lipinski definition) is 3. The molecule has 1 amide bonds. The van der Waals surface area contributed by atoms with Crippen molar-refractivity contribution in [3.8, 4) is 11.5 Å². The highest BCUT2D eigenvalue weighted by Gasteiger charge is 2.12. The minimum atomic E-state index is -0.0503. The molecule has 24 heavy (non-hydrogen) atoms. The molecule has 2 aromatic carbocycles. The summed E-state index contributed by atoms with van der Waals surface area (Å²) in [6.07, 6.45) is 1.79. The van der Waals surface area contributed by atoms with Gasteiger partial charge in [-0.25, -0.2) is 0 Å². The first kappa shape index (κ1) is 16.4. The fourth-order valence-corrected chi connectivity index (χ4v) is 2.93. The van der Waals surface area contributed by atoms with Crippen LogP contribution < -0.4 is 14.8 Å². The summed E-state index contributed by atoms with van der Waals surface area (Å²) in [6.45, 7) is 5.91. The summed E-state index contributed by atoms with van der Waals surface area (Å²) in [6, 6.07) is 11.8. The molecule has 1 N–H and O–H groups in total. The van der Waals surface area contributed by atoms with Gasteiger partial charge in [0.25, 0.3) is 5.91 Å². The fraction of sp³-hybridized carbons (Fsp3) is 0.350. The number of benzene rings is 2. The van der Waals surface area contributed by atoms with E-state index in [4.69, 9.17) is 9.47 Å². The second-order valence-electron chi connectivity index (χ2n) is 5.96. The number of amides is 1. The Morgan fingerprint density at radius 2 is 2.12 bits per heavy atom. The molecule has 0 saturated carbocycles. The van der Waals surface area contributed by atoms with E-state index >= 15 is 0 Å². The summed E-state index contributed by atoms with van der Waals surface area (Å²) in [7, 11) is 0. The molecule has 4 heteroatoms. The maximum absolute atomic E-state index is 12.3. The summed E-state index contributed by atoms with van der Waals surface area (Å²) in [5.41, 5.74) is 4.13. The molecule has 2 aromatic rings. The van der Waals surface area contributed by atoms with E-state index in [1.54, 1.807) is 6.07 Å². The molecule has 4 nitrogen and oxygen atoms in total. The molecule has 0 unspecified atom stereocenters. The second-order valence-corrected chi connectivity index (χ2v) is 5.96. The van der Waals surface area contributed by atoms with Crippen molar-refractivity contribution in [1.29, 1.82) is 0 Å². The van der Waals surface area contributed by atoms with E-state index in [1.165, 1.54) is 11.1 Å². The number of ether oxygens (including phenoxy) is 2. The number of rotatable bonds is 6. The first-order valence-corrected chi connectivity index (χ1v) is 8.43. The lowest BCUT2D eigenvalue weighted by Gasteiger charge is -2.10. The number of aryl methyl sites for hydroxylation is 1. The van der Waals surface area contributed by atoms with Crippen LogP contribution in [-0.2, 0) is 12.8 Å². The van der Waals surface area contributed by atoms with Gasteiger partial charge in [0.2, 0.25) is 0 Å². The summed E-state index contributed by atoms with van der Waals surface area (Å²) in [5, 5.41) is 2.98. The predicted molar refractivity (Wildman–Crippen MR) is 94.0 cm³/mol. The van der Waals surface area contributed by atoms with Crippen molar-refractivity contribution in [3.05, 3.63) is 58.7 Å². The minimum absolute atomic E-state index is 0.0503. The van der Waals surface area contributed by atoms with Crippen molar-refractivity contribution in [3.63, 3.8) is 0 Å². The molecule has 0 saturated heterocycles. The van der Waals surface area contributed by atoms with Gasteiger partial charge in [-0.3, -0.25) is 4.79 Å². The molecule has 3 rings (SSSR count). The molecule has 0 atom stereocenters. The standard InChI is InChI=1S/C20H23NO3/c1-3-23-18-7-5-17(12-14(18)2)20(22)21-10-8-15-4-6-19-16(13-15)9-11-24-19/h4-7,12-13H,3,8-11H2,1-2H3,(H,21,22). The summed E-state index contributed by atoms with van der Waals surface area (Å²) < 4.78 is 11.0. The maximum Gasteiger partial charge on any atom is 0.251 e. The zero-order chi connectivity index (χ0) is 16.9. The monoisotopic (exact) mass is 325 g/mol. The number of hydrogen-bond donors (Lipinski definition) is 1. The molecule has 1 aliphatic rings. The average molecular weight is 325 g/mol. The van der Waals surface area contributed by atoms with E-state index in [2.05, 4.69) is 17.4 Å². The van der Waals surface area contributed by atoms with E-state index in [-0.39, 0.29) is 5.91 Å². The predicted octanol–water partition coefficient (Wildman–Crippen LogP) is 3.30. The van der Waals surface area contributed by atoms with E-state index < -0.39 is 0 Å². The van der Waals surface area contributed by atoms with Crippen LogP contribution in [0.2, 0.25) is 0 Å². The third-order valence-electron chi connectivity index (χ3n) is 4.19. The molecule has 0 fully saturated rings. The number of fused-ring (bicyclic) bond motifs is 1. The van der Waals surface area contributed by atoms with Gasteiger partial charge < -0.3 is 14.8 Å². The van der Waals surface area contributed by atoms with Crippen LogP contribution in [0.5, 0.6) is 11.5 Å². The molecule has 0 aromatic heterocycles. The Balaban J connectivity index is 1.55. The number of nitrogens with one attached hydrogen (secondary N) is 1. The molecule has 1 aliphatic heterocycles. The lowest BCUT2D eigenvalue weighted by molar-refractivity contribution is 0.0954. The van der Waals surface area contributed by atoms with Crippen molar-refractivity contribution in [1.82, 2.24) is 5.32 Å². The molecule has 126 valence electrons. The Kier molecular flexibility index (Phi) is 5.04. The van der Waals surface area contributed by atoms with Gasteiger partial charge in [-0.15, -0.1) is 0 Å². The van der Waals surface area contributed by atoms with Crippen molar-refractivity contribution >= 4 is 5.91 Å². The lowest BCUT2D eigenvalue weighted by Crippen LogP contribution is -2.25. The number of carbonyl (C=O) groups excluding carboxylic acids is 1. The topological polar surface area (TPSA) is 47.6 Å². The Hall–Kier alpha value is -2.49. The SMILES string of the molecule is CCOc1ccc(C(=O)NCCc2ccc3c(c2)CCO3)cc1C. The largest absolute Gasteiger partial charge is 0.494 e. The average Bonchev–Trinajstić information content (AvgIpc) is 3.04. The van der Waals surface area contributed by atoms with Gasteiger partial charge in [0.05, 0.1) is 13.2 Å². The Bertz CT molecular complexity index is 740. The van der Waals surface area contributed by atoms with Crippen LogP contribution in [0.3, 0.4) is 0 Å². The van der Waals surface area contributed by atoms with Gasteiger partial charge in [0, 0.05) is 18.5 Å². The molecule has 1 heterocycles. The van der Waals surface area contributed by atoms with Gasteiger partial charge in [0.1, 0.15) is 11.5 Å². The van der Waals surface area contributed by atoms with Crippen molar-refractivity contribution in [2.24, 2.45) is 0 Å². The lowest BCUT2D eigenvalue weighted by atomic mass is 10.1. The van der Waals surface area contributed by atoms with Crippen LogP contribution in [0.4, 0.5) is 0 Å². The highest BCUT2D eigenvalue weighted by Crippen LogP contribution is 2.26. The highest BCUT2D eigenvalue weighted by atomic mass is 16.5. The van der Waals surface area contributed by atoms with Crippen LogP contribution in [0.15, 0.2) is 36.4 Å². The van der Waals surface area contributed by atoms with Crippen LogP contribution in [0.25, 0.3) is 0 Å². The Labute approximate surface area is 142 Å². The molecule has 0 aliphatic carbocycles. The van der Waals surface area contributed by atoms with E-state index in [9.17, 15) is 4.79 Å². The first-order valence-electron chi connectivity index (χ1n) is 8.43. The zero-order valence-electron chi connectivity index (χ0n) is 14.2. The van der Waals surface area contributed by atoms with Crippen LogP contribution >= 0.6 is 0 Å².